The lowest BCUT2D eigenvalue weighted by atomic mass is 9.75. The third kappa shape index (κ3) is 4.55. The summed E-state index contributed by atoms with van der Waals surface area (Å²) in [7, 11) is 0. The fourth-order valence-corrected chi connectivity index (χ4v) is 10.4. The van der Waals surface area contributed by atoms with E-state index in [-0.39, 0.29) is 5.41 Å². The van der Waals surface area contributed by atoms with E-state index in [1.165, 1.54) is 122 Å². The molecule has 0 saturated carbocycles. The zero-order valence-corrected chi connectivity index (χ0v) is 34.3. The predicted molar refractivity (Wildman–Crippen MR) is 240 cm³/mol. The van der Waals surface area contributed by atoms with E-state index in [9.17, 15) is 0 Å². The first kappa shape index (κ1) is 34.6. The molecule has 0 fully saturated rings. The van der Waals surface area contributed by atoms with Gasteiger partial charge in [-0.2, -0.15) is 0 Å². The van der Waals surface area contributed by atoms with Gasteiger partial charge in [-0.25, -0.2) is 0 Å². The Morgan fingerprint density at radius 2 is 0.839 bits per heavy atom. The molecule has 1 heteroatoms. The molecule has 10 rings (SSSR count). The minimum atomic E-state index is -0.0839. The maximum absolute atomic E-state index is 6.17. The number of aryl methyl sites for hydroxylation is 4. The van der Waals surface area contributed by atoms with Crippen LogP contribution in [0.4, 0.5) is 0 Å². The highest BCUT2D eigenvalue weighted by atomic mass is 16.3. The van der Waals surface area contributed by atoms with Gasteiger partial charge in [-0.15, -0.1) is 0 Å². The maximum atomic E-state index is 6.17. The second kappa shape index (κ2) is 12.0. The molecule has 9 aromatic rings. The molecule has 0 amide bonds. The highest BCUT2D eigenvalue weighted by molar-refractivity contribution is 6.26. The maximum Gasteiger partial charge on any atom is 0.135 e. The van der Waals surface area contributed by atoms with Gasteiger partial charge in [-0.3, -0.25) is 0 Å². The van der Waals surface area contributed by atoms with Crippen molar-refractivity contribution in [3.8, 4) is 44.5 Å². The van der Waals surface area contributed by atoms with Crippen molar-refractivity contribution >= 4 is 43.5 Å². The molecule has 1 aromatic heterocycles. The zero-order chi connectivity index (χ0) is 38.9. The van der Waals surface area contributed by atoms with Crippen LogP contribution in [0, 0.1) is 55.4 Å². The van der Waals surface area contributed by atoms with Gasteiger partial charge in [0.25, 0.3) is 0 Å². The van der Waals surface area contributed by atoms with Crippen molar-refractivity contribution in [1.82, 2.24) is 0 Å². The molecule has 8 aromatic carbocycles. The summed E-state index contributed by atoms with van der Waals surface area (Å²) >= 11 is 0. The van der Waals surface area contributed by atoms with E-state index in [1.54, 1.807) is 0 Å². The van der Waals surface area contributed by atoms with Gasteiger partial charge >= 0.3 is 0 Å². The van der Waals surface area contributed by atoms with Crippen LogP contribution in [0.3, 0.4) is 0 Å². The highest BCUT2D eigenvalue weighted by Crippen LogP contribution is 2.56. The van der Waals surface area contributed by atoms with E-state index in [1.807, 2.05) is 12.1 Å². The van der Waals surface area contributed by atoms with Crippen molar-refractivity contribution in [2.75, 3.05) is 0 Å². The van der Waals surface area contributed by atoms with Gasteiger partial charge < -0.3 is 4.42 Å². The van der Waals surface area contributed by atoms with Gasteiger partial charge in [-0.1, -0.05) is 105 Å². The second-order valence-electron chi connectivity index (χ2n) is 17.0. The first-order valence-corrected chi connectivity index (χ1v) is 20.1. The summed E-state index contributed by atoms with van der Waals surface area (Å²) in [6.07, 6.45) is 0. The van der Waals surface area contributed by atoms with E-state index in [0.717, 1.165) is 21.9 Å². The molecule has 1 nitrogen and oxygen atoms in total. The minimum absolute atomic E-state index is 0.0839. The van der Waals surface area contributed by atoms with Crippen molar-refractivity contribution in [3.05, 3.63) is 165 Å². The molecule has 0 radical (unpaired) electrons. The summed E-state index contributed by atoms with van der Waals surface area (Å²) in [6.45, 7) is 23.5. The predicted octanol–water partition coefficient (Wildman–Crippen LogP) is 15.7. The second-order valence-corrected chi connectivity index (χ2v) is 17.0. The van der Waals surface area contributed by atoms with Crippen LogP contribution in [0.5, 0.6) is 0 Å². The normalized spacial score (nSPS) is 13.3. The molecular formula is C55H48O. The molecule has 274 valence electrons. The Morgan fingerprint density at radius 3 is 1.48 bits per heavy atom. The van der Waals surface area contributed by atoms with Crippen LogP contribution < -0.4 is 0 Å². The molecule has 0 N–H and O–H groups in total. The van der Waals surface area contributed by atoms with E-state index >= 15 is 0 Å². The number of benzene rings is 8. The van der Waals surface area contributed by atoms with E-state index in [4.69, 9.17) is 4.42 Å². The van der Waals surface area contributed by atoms with Crippen molar-refractivity contribution in [3.63, 3.8) is 0 Å². The fraction of sp³-hybridized carbons (Fsp3) is 0.200. The van der Waals surface area contributed by atoms with Crippen LogP contribution in [0.2, 0.25) is 0 Å². The molecule has 0 atom stereocenters. The average Bonchev–Trinajstić information content (AvgIpc) is 3.71. The Hall–Kier alpha value is -5.92. The lowest BCUT2D eigenvalue weighted by Gasteiger charge is -2.28. The van der Waals surface area contributed by atoms with E-state index in [0.29, 0.717) is 0 Å². The molecule has 0 bridgehead atoms. The number of hydrogen-bond acceptors (Lipinski definition) is 1. The molecular weight excluding hydrogens is 677 g/mol. The Labute approximate surface area is 330 Å². The topological polar surface area (TPSA) is 13.1 Å². The Morgan fingerprint density at radius 1 is 0.357 bits per heavy atom. The molecule has 0 aliphatic heterocycles. The fourth-order valence-electron chi connectivity index (χ4n) is 10.4. The summed E-state index contributed by atoms with van der Waals surface area (Å²) in [4.78, 5) is 0. The van der Waals surface area contributed by atoms with Gasteiger partial charge in [0.1, 0.15) is 11.2 Å². The van der Waals surface area contributed by atoms with Crippen LogP contribution in [0.1, 0.15) is 69.5 Å². The minimum Gasteiger partial charge on any atom is -0.456 e. The van der Waals surface area contributed by atoms with Crippen LogP contribution in [-0.4, -0.2) is 0 Å². The summed E-state index contributed by atoms with van der Waals surface area (Å²) in [6, 6.07) is 40.5. The number of para-hydroxylation sites is 1. The van der Waals surface area contributed by atoms with Crippen molar-refractivity contribution < 1.29 is 4.42 Å². The van der Waals surface area contributed by atoms with Crippen LogP contribution in [-0.2, 0) is 5.41 Å². The van der Waals surface area contributed by atoms with Crippen LogP contribution >= 0.6 is 0 Å². The summed E-state index contributed by atoms with van der Waals surface area (Å²) < 4.78 is 6.17. The van der Waals surface area contributed by atoms with Gasteiger partial charge in [0.05, 0.1) is 0 Å². The molecule has 0 saturated heterocycles. The summed E-state index contributed by atoms with van der Waals surface area (Å²) in [5.74, 6) is 0. The van der Waals surface area contributed by atoms with Gasteiger partial charge in [0, 0.05) is 16.2 Å². The van der Waals surface area contributed by atoms with Crippen molar-refractivity contribution in [2.45, 2.75) is 74.7 Å². The lowest BCUT2D eigenvalue weighted by molar-refractivity contribution is 0.660. The number of furan rings is 1. The Kier molecular flexibility index (Phi) is 7.43. The highest BCUT2D eigenvalue weighted by Gasteiger charge is 2.37. The van der Waals surface area contributed by atoms with Gasteiger partial charge in [0.15, 0.2) is 0 Å². The van der Waals surface area contributed by atoms with E-state index < -0.39 is 0 Å². The standard InChI is InChI=1S/C55H48O/c1-29-31(3)35(7)50-48(33(29)5)52(38-24-22-37(23-25-38)39-26-27-47-43(28-39)40-16-12-14-21-46(40)56-47)49-34(6)30(2)32(4)36(8)51(49)54(50)42-18-15-20-45-53(42)41-17-11-13-19-44(41)55(45,9)10/h11-28H,1-10H3. The first-order valence-electron chi connectivity index (χ1n) is 20.1. The third-order valence-electron chi connectivity index (χ3n) is 14.1. The molecule has 0 spiro atoms. The van der Waals surface area contributed by atoms with Gasteiger partial charge in [0.2, 0.25) is 0 Å². The zero-order valence-electron chi connectivity index (χ0n) is 34.3. The molecule has 1 heterocycles. The summed E-state index contributed by atoms with van der Waals surface area (Å²) in [5.41, 5.74) is 26.1. The molecule has 0 unspecified atom stereocenters. The quantitative estimate of drug-likeness (QED) is 0.165. The smallest absolute Gasteiger partial charge is 0.135 e. The van der Waals surface area contributed by atoms with E-state index in [2.05, 4.69) is 166 Å². The average molecular weight is 725 g/mol. The lowest BCUT2D eigenvalue weighted by Crippen LogP contribution is -2.14. The van der Waals surface area contributed by atoms with Gasteiger partial charge in [-0.05, 0) is 195 Å². The largest absolute Gasteiger partial charge is 0.456 e. The molecule has 1 aliphatic carbocycles. The Balaban J connectivity index is 1.32. The van der Waals surface area contributed by atoms with Crippen LogP contribution in [0.15, 0.2) is 114 Å². The SMILES string of the molecule is Cc1c(C)c(C)c2c(-c3cccc4c3-c3ccccc3C4(C)C)c3c(C)c(C)c(C)c(C)c3c(-c3ccc(-c4ccc5oc6ccccc6c5c4)cc3)c2c1C. The number of hydrogen-bond donors (Lipinski definition) is 0. The first-order chi connectivity index (χ1) is 26.9. The monoisotopic (exact) mass is 724 g/mol. The number of rotatable bonds is 3. The van der Waals surface area contributed by atoms with Crippen molar-refractivity contribution in [2.24, 2.45) is 0 Å². The Bertz CT molecular complexity index is 3080. The molecule has 56 heavy (non-hydrogen) atoms. The third-order valence-corrected chi connectivity index (χ3v) is 14.1. The summed E-state index contributed by atoms with van der Waals surface area (Å²) in [5, 5.41) is 7.83. The van der Waals surface area contributed by atoms with Crippen LogP contribution in [0.25, 0.3) is 88.0 Å². The molecule has 1 aliphatic rings. The van der Waals surface area contributed by atoms with Crippen molar-refractivity contribution in [1.29, 1.82) is 0 Å². The number of fused-ring (bicyclic) bond motifs is 8.